The highest BCUT2D eigenvalue weighted by molar-refractivity contribution is 6.01. The summed E-state index contributed by atoms with van der Waals surface area (Å²) < 4.78 is 5.97. The van der Waals surface area contributed by atoms with Gasteiger partial charge in [0, 0.05) is 17.3 Å². The topological polar surface area (TPSA) is 80.7 Å². The Bertz CT molecular complexity index is 911. The summed E-state index contributed by atoms with van der Waals surface area (Å²) in [5, 5.41) is 9.80. The number of Topliss-reactive ketones (excluding diaryl/α,β-unsaturated/α-hetero) is 1. The van der Waals surface area contributed by atoms with Gasteiger partial charge in [-0.2, -0.15) is 0 Å². The summed E-state index contributed by atoms with van der Waals surface area (Å²) in [6.45, 7) is 7.75. The molecule has 0 aliphatic heterocycles. The van der Waals surface area contributed by atoms with Crippen LogP contribution in [-0.4, -0.2) is 34.9 Å². The smallest absolute Gasteiger partial charge is 0.306 e. The third-order valence-electron chi connectivity index (χ3n) is 8.73. The molecule has 0 aromatic heterocycles. The van der Waals surface area contributed by atoms with Crippen molar-refractivity contribution in [2.75, 3.05) is 6.61 Å². The molecule has 168 valence electrons. The molecule has 6 atom stereocenters. The van der Waals surface area contributed by atoms with E-state index in [2.05, 4.69) is 26.8 Å². The highest BCUT2D eigenvalue weighted by Crippen LogP contribution is 2.66. The molecule has 4 rings (SSSR count). The third kappa shape index (κ3) is 3.03. The largest absolute Gasteiger partial charge is 0.450 e. The molecule has 0 bridgehead atoms. The van der Waals surface area contributed by atoms with Crippen molar-refractivity contribution in [3.8, 4) is 0 Å². The first-order chi connectivity index (χ1) is 14.6. The van der Waals surface area contributed by atoms with Crippen molar-refractivity contribution in [1.29, 1.82) is 0 Å². The van der Waals surface area contributed by atoms with Gasteiger partial charge in [-0.25, -0.2) is 0 Å². The Kier molecular flexibility index (Phi) is 5.40. The van der Waals surface area contributed by atoms with Crippen LogP contribution >= 0.6 is 0 Å². The van der Waals surface area contributed by atoms with Gasteiger partial charge < -0.3 is 9.84 Å². The summed E-state index contributed by atoms with van der Waals surface area (Å²) in [4.78, 5) is 37.7. The second kappa shape index (κ2) is 7.54. The first-order valence-electron chi connectivity index (χ1n) is 11.6. The number of carbonyl (C=O) groups excluding carboxylic acids is 3. The molecule has 0 aromatic rings. The Labute approximate surface area is 184 Å². The molecule has 5 heteroatoms. The van der Waals surface area contributed by atoms with Crippen molar-refractivity contribution < 1.29 is 24.2 Å². The number of fused-ring (bicyclic) bond motifs is 5. The van der Waals surface area contributed by atoms with Crippen molar-refractivity contribution >= 4 is 17.5 Å². The number of aliphatic hydroxyl groups excluding tert-OH is 1. The minimum absolute atomic E-state index is 0.0512. The maximum Gasteiger partial charge on any atom is 0.306 e. The van der Waals surface area contributed by atoms with E-state index in [4.69, 9.17) is 4.74 Å². The van der Waals surface area contributed by atoms with Crippen LogP contribution in [0.3, 0.4) is 0 Å². The Balaban J connectivity index is 1.77. The van der Waals surface area contributed by atoms with Gasteiger partial charge in [0.05, 0.1) is 0 Å². The van der Waals surface area contributed by atoms with Gasteiger partial charge in [0.15, 0.2) is 11.4 Å². The molecule has 1 N–H and O–H groups in total. The fraction of sp³-hybridized carbons (Fsp3) is 0.654. The molecule has 0 heterocycles. The molecule has 0 radical (unpaired) electrons. The summed E-state index contributed by atoms with van der Waals surface area (Å²) >= 11 is 0. The van der Waals surface area contributed by atoms with Gasteiger partial charge in [-0.15, -0.1) is 0 Å². The van der Waals surface area contributed by atoms with Gasteiger partial charge in [-0.05, 0) is 74.5 Å². The van der Waals surface area contributed by atoms with E-state index >= 15 is 0 Å². The zero-order valence-electron chi connectivity index (χ0n) is 19.1. The Morgan fingerprint density at radius 3 is 2.68 bits per heavy atom. The molecule has 5 nitrogen and oxygen atoms in total. The molecule has 4 aliphatic carbocycles. The first kappa shape index (κ1) is 22.2. The van der Waals surface area contributed by atoms with Crippen LogP contribution in [0.2, 0.25) is 0 Å². The number of ketones is 2. The quantitative estimate of drug-likeness (QED) is 0.529. The second-order valence-corrected chi connectivity index (χ2v) is 10.3. The van der Waals surface area contributed by atoms with Crippen LogP contribution in [0.1, 0.15) is 66.2 Å². The van der Waals surface area contributed by atoms with Gasteiger partial charge in [-0.1, -0.05) is 38.5 Å². The highest BCUT2D eigenvalue weighted by atomic mass is 16.6. The molecular formula is C26H34O5. The number of carbonyl (C=O) groups is 3. The highest BCUT2D eigenvalue weighted by Gasteiger charge is 2.67. The minimum Gasteiger partial charge on any atom is -0.450 e. The first-order valence-corrected chi connectivity index (χ1v) is 11.6. The predicted octanol–water partition coefficient (Wildman–Crippen LogP) is 4.10. The Morgan fingerprint density at radius 2 is 2.00 bits per heavy atom. The number of aliphatic hydroxyl groups is 1. The standard InChI is InChI=1S/C26H34O5/c1-5-6-23(30)31-26(22(29)15-27)12-9-20-18-13-16(2)21-14-17(28)7-10-24(21,3)19(18)8-11-25(20,26)4/h7-8,10,14,16,18,20,27H,5-6,9,11-13,15H2,1-4H3/t16-,18+,20-,24+,25-,26-/m0/s1. The van der Waals surface area contributed by atoms with E-state index in [0.29, 0.717) is 19.3 Å². The SMILES string of the molecule is CCCC(=O)O[C@]1(C(=O)CO)CC[C@H]2[C@@H]3C[C@H](C)C4=CC(=O)C=C[C@]4(C)C3=CC[C@@]21C. The molecule has 2 fully saturated rings. The average Bonchev–Trinajstić information content (AvgIpc) is 3.02. The third-order valence-corrected chi connectivity index (χ3v) is 8.73. The molecular weight excluding hydrogens is 392 g/mol. The number of rotatable bonds is 5. The van der Waals surface area contributed by atoms with E-state index in [9.17, 15) is 19.5 Å². The van der Waals surface area contributed by atoms with E-state index in [1.807, 2.05) is 13.0 Å². The lowest BCUT2D eigenvalue weighted by molar-refractivity contribution is -0.184. The molecule has 0 aromatic carbocycles. The van der Waals surface area contributed by atoms with Gasteiger partial charge in [-0.3, -0.25) is 14.4 Å². The molecule has 0 saturated heterocycles. The fourth-order valence-corrected chi connectivity index (χ4v) is 7.18. The summed E-state index contributed by atoms with van der Waals surface area (Å²) in [6, 6.07) is 0. The van der Waals surface area contributed by atoms with Crippen molar-refractivity contribution in [2.24, 2.45) is 28.6 Å². The Hall–Kier alpha value is -2.01. The average molecular weight is 427 g/mol. The van der Waals surface area contributed by atoms with Crippen LogP contribution in [0.5, 0.6) is 0 Å². The van der Waals surface area contributed by atoms with Gasteiger partial charge in [0.25, 0.3) is 0 Å². The lowest BCUT2D eigenvalue weighted by Gasteiger charge is -2.55. The number of allylic oxidation sites excluding steroid dienone is 6. The normalized spacial score (nSPS) is 40.9. The van der Waals surface area contributed by atoms with Crippen LogP contribution in [0.25, 0.3) is 0 Å². The maximum atomic E-state index is 13.1. The molecule has 0 amide bonds. The molecule has 0 spiro atoms. The van der Waals surface area contributed by atoms with E-state index < -0.39 is 17.6 Å². The van der Waals surface area contributed by atoms with Gasteiger partial charge >= 0.3 is 5.97 Å². The zero-order valence-corrected chi connectivity index (χ0v) is 19.1. The van der Waals surface area contributed by atoms with Gasteiger partial charge in [0.2, 0.25) is 5.78 Å². The van der Waals surface area contributed by atoms with Crippen LogP contribution in [0, 0.1) is 28.6 Å². The summed E-state index contributed by atoms with van der Waals surface area (Å²) in [6.07, 6.45) is 11.5. The monoisotopic (exact) mass is 426 g/mol. The van der Waals surface area contributed by atoms with E-state index in [1.165, 1.54) is 11.1 Å². The number of hydrogen-bond acceptors (Lipinski definition) is 5. The van der Waals surface area contributed by atoms with E-state index in [0.717, 1.165) is 12.8 Å². The fourth-order valence-electron chi connectivity index (χ4n) is 7.18. The lowest BCUT2D eigenvalue weighted by Crippen LogP contribution is -2.58. The van der Waals surface area contributed by atoms with Crippen molar-refractivity contribution in [3.63, 3.8) is 0 Å². The van der Waals surface area contributed by atoms with E-state index in [1.54, 1.807) is 12.2 Å². The number of hydrogen-bond donors (Lipinski definition) is 1. The van der Waals surface area contributed by atoms with Crippen LogP contribution < -0.4 is 0 Å². The molecule has 0 unspecified atom stereocenters. The van der Waals surface area contributed by atoms with Gasteiger partial charge in [0.1, 0.15) is 6.61 Å². The lowest BCUT2D eigenvalue weighted by atomic mass is 9.49. The maximum absolute atomic E-state index is 13.1. The predicted molar refractivity (Wildman–Crippen MR) is 117 cm³/mol. The molecule has 31 heavy (non-hydrogen) atoms. The van der Waals surface area contributed by atoms with Crippen molar-refractivity contribution in [2.45, 2.75) is 71.8 Å². The van der Waals surface area contributed by atoms with Crippen molar-refractivity contribution in [1.82, 2.24) is 0 Å². The van der Waals surface area contributed by atoms with Crippen LogP contribution in [0.4, 0.5) is 0 Å². The van der Waals surface area contributed by atoms with Crippen molar-refractivity contribution in [3.05, 3.63) is 35.5 Å². The summed E-state index contributed by atoms with van der Waals surface area (Å²) in [5.41, 5.74) is 0.420. The zero-order chi connectivity index (χ0) is 22.6. The summed E-state index contributed by atoms with van der Waals surface area (Å²) in [7, 11) is 0. The second-order valence-electron chi connectivity index (χ2n) is 10.3. The number of esters is 1. The summed E-state index contributed by atoms with van der Waals surface area (Å²) in [5.74, 6) is 0.0163. The minimum atomic E-state index is -1.26. The van der Waals surface area contributed by atoms with E-state index in [-0.39, 0.29) is 47.1 Å². The van der Waals surface area contributed by atoms with Crippen LogP contribution in [0.15, 0.2) is 35.5 Å². The Morgan fingerprint density at radius 1 is 1.26 bits per heavy atom. The van der Waals surface area contributed by atoms with Crippen LogP contribution in [-0.2, 0) is 19.1 Å². The molecule has 4 aliphatic rings. The number of ether oxygens (including phenoxy) is 1. The molecule has 2 saturated carbocycles.